The molecule has 0 saturated heterocycles. The first-order valence-electron chi connectivity index (χ1n) is 7.86. The molecule has 2 aliphatic rings. The molecule has 20 heavy (non-hydrogen) atoms. The minimum absolute atomic E-state index is 0.678. The lowest BCUT2D eigenvalue weighted by molar-refractivity contribution is 0.700. The molecule has 2 heteroatoms. The quantitative estimate of drug-likeness (QED) is 0.629. The molecule has 0 bridgehead atoms. The van der Waals surface area contributed by atoms with Crippen LogP contribution < -0.4 is 0 Å². The van der Waals surface area contributed by atoms with Crippen molar-refractivity contribution in [2.75, 3.05) is 0 Å². The minimum atomic E-state index is 0.678. The molecule has 112 valence electrons. The minimum Gasteiger partial charge on any atom is -0.266 e. The van der Waals surface area contributed by atoms with Gasteiger partial charge in [0.15, 0.2) is 0 Å². The third-order valence-electron chi connectivity index (χ3n) is 3.96. The van der Waals surface area contributed by atoms with E-state index < -0.39 is 0 Å². The van der Waals surface area contributed by atoms with Crippen LogP contribution in [0.15, 0.2) is 33.0 Å². The Kier molecular flexibility index (Phi) is 6.90. The highest BCUT2D eigenvalue weighted by atomic mass is 14.7. The van der Waals surface area contributed by atoms with Gasteiger partial charge in [-0.25, -0.2) is 0 Å². The maximum absolute atomic E-state index is 4.29. The van der Waals surface area contributed by atoms with E-state index in [1.165, 1.54) is 35.4 Å². The number of nitrogens with zero attached hydrogens (tertiary/aromatic N) is 2. The third-order valence-corrected chi connectivity index (χ3v) is 3.96. The average Bonchev–Trinajstić information content (AvgIpc) is 2.40. The fraction of sp³-hybridized carbons (Fsp3) is 0.667. The molecule has 0 aliphatic carbocycles. The Bertz CT molecular complexity index is 434. The second-order valence-electron chi connectivity index (χ2n) is 6.34. The molecule has 2 nitrogen and oxygen atoms in total. The molecule has 0 atom stereocenters. The van der Waals surface area contributed by atoms with Crippen LogP contribution in [0.2, 0.25) is 0 Å². The molecule has 0 radical (unpaired) electrons. The van der Waals surface area contributed by atoms with E-state index in [2.05, 4.69) is 51.5 Å². The second-order valence-corrected chi connectivity index (χ2v) is 6.34. The topological polar surface area (TPSA) is 24.7 Å². The van der Waals surface area contributed by atoms with E-state index in [1.54, 1.807) is 0 Å². The van der Waals surface area contributed by atoms with Crippen LogP contribution in [0, 0.1) is 11.8 Å². The third kappa shape index (κ3) is 5.44. The van der Waals surface area contributed by atoms with Crippen molar-refractivity contribution >= 4 is 11.9 Å². The van der Waals surface area contributed by atoms with Crippen LogP contribution in [0.1, 0.15) is 67.2 Å². The highest BCUT2D eigenvalue weighted by Crippen LogP contribution is 2.23. The molecule has 0 aromatic heterocycles. The summed E-state index contributed by atoms with van der Waals surface area (Å²) in [5.74, 6) is 1.36. The summed E-state index contributed by atoms with van der Waals surface area (Å²) < 4.78 is 0. The van der Waals surface area contributed by atoms with Crippen LogP contribution in [0.4, 0.5) is 0 Å². The van der Waals surface area contributed by atoms with Gasteiger partial charge in [-0.05, 0) is 62.5 Å². The van der Waals surface area contributed by atoms with Gasteiger partial charge in [0.1, 0.15) is 0 Å². The van der Waals surface area contributed by atoms with Crippen LogP contribution in [0.5, 0.6) is 0 Å². The Hall–Kier alpha value is -1.18. The van der Waals surface area contributed by atoms with Gasteiger partial charge in [0.05, 0.1) is 0 Å². The van der Waals surface area contributed by atoms with Gasteiger partial charge in [-0.15, -0.1) is 0 Å². The lowest BCUT2D eigenvalue weighted by atomic mass is 9.95. The zero-order valence-corrected chi connectivity index (χ0v) is 14.0. The summed E-state index contributed by atoms with van der Waals surface area (Å²) in [6.45, 7) is 13.1. The van der Waals surface area contributed by atoms with Crippen molar-refractivity contribution in [1.29, 1.82) is 0 Å². The molecule has 0 spiro atoms. The molecule has 2 heterocycles. The Morgan fingerprint density at radius 3 is 2.05 bits per heavy atom. The molecular formula is C18H30N2. The molecule has 0 saturated carbocycles. The van der Waals surface area contributed by atoms with Crippen molar-refractivity contribution in [2.24, 2.45) is 21.8 Å². The van der Waals surface area contributed by atoms with Crippen molar-refractivity contribution < 1.29 is 0 Å². The Morgan fingerprint density at radius 2 is 1.65 bits per heavy atom. The predicted molar refractivity (Wildman–Crippen MR) is 90.5 cm³/mol. The first kappa shape index (κ1) is 16.9. The number of rotatable bonds is 2. The van der Waals surface area contributed by atoms with Crippen molar-refractivity contribution in [3.63, 3.8) is 0 Å². The molecule has 0 amide bonds. The van der Waals surface area contributed by atoms with Crippen LogP contribution in [0.3, 0.4) is 0 Å². The monoisotopic (exact) mass is 274 g/mol. The first-order valence-corrected chi connectivity index (χ1v) is 7.86. The molecule has 0 fully saturated rings. The van der Waals surface area contributed by atoms with Gasteiger partial charge in [0, 0.05) is 23.8 Å². The molecule has 0 N–H and O–H groups in total. The normalized spacial score (nSPS) is 18.8. The summed E-state index contributed by atoms with van der Waals surface area (Å²) >= 11 is 0. The van der Waals surface area contributed by atoms with Gasteiger partial charge in [0.2, 0.25) is 0 Å². The van der Waals surface area contributed by atoms with Gasteiger partial charge in [-0.1, -0.05) is 27.7 Å². The Morgan fingerprint density at radius 1 is 0.950 bits per heavy atom. The van der Waals surface area contributed by atoms with Gasteiger partial charge in [-0.2, -0.15) is 0 Å². The summed E-state index contributed by atoms with van der Waals surface area (Å²) in [4.78, 5) is 8.57. The molecular weight excluding hydrogens is 244 g/mol. The summed E-state index contributed by atoms with van der Waals surface area (Å²) in [7, 11) is 0. The summed E-state index contributed by atoms with van der Waals surface area (Å²) in [6, 6.07) is 0. The highest BCUT2D eigenvalue weighted by molar-refractivity contribution is 5.83. The Balaban J connectivity index is 0.000000200. The van der Waals surface area contributed by atoms with E-state index in [-0.39, 0.29) is 0 Å². The molecule has 2 aliphatic heterocycles. The number of allylic oxidation sites excluding steroid dienone is 3. The van der Waals surface area contributed by atoms with Crippen molar-refractivity contribution in [2.45, 2.75) is 67.2 Å². The zero-order chi connectivity index (χ0) is 15.1. The molecule has 0 aromatic carbocycles. The van der Waals surface area contributed by atoms with E-state index in [0.29, 0.717) is 11.8 Å². The number of aliphatic imine (C=N–C) groups is 2. The average molecular weight is 274 g/mol. The van der Waals surface area contributed by atoms with Crippen molar-refractivity contribution in [1.82, 2.24) is 0 Å². The maximum atomic E-state index is 4.29. The van der Waals surface area contributed by atoms with Crippen LogP contribution in [-0.4, -0.2) is 11.9 Å². The fourth-order valence-corrected chi connectivity index (χ4v) is 2.48. The fourth-order valence-electron chi connectivity index (χ4n) is 2.48. The predicted octanol–water partition coefficient (Wildman–Crippen LogP) is 5.56. The largest absolute Gasteiger partial charge is 0.266 e. The van der Waals surface area contributed by atoms with Crippen LogP contribution in [-0.2, 0) is 0 Å². The molecule has 0 aromatic rings. The lowest BCUT2D eigenvalue weighted by Crippen LogP contribution is -2.02. The maximum Gasteiger partial charge on any atom is 0.0363 e. The van der Waals surface area contributed by atoms with Gasteiger partial charge in [-0.3, -0.25) is 9.98 Å². The van der Waals surface area contributed by atoms with E-state index in [1.807, 2.05) is 12.4 Å². The standard InChI is InChI=1S/2C9H15N/c1-7(2)9-5-4-8(3)10-6-9;1-7(2)9-5-4-6-10-8(9)3/h2*6-7H,4-5H2,1-3H3. The summed E-state index contributed by atoms with van der Waals surface area (Å²) in [5.41, 5.74) is 5.53. The number of hydrogen-bond donors (Lipinski definition) is 0. The van der Waals surface area contributed by atoms with Gasteiger partial charge < -0.3 is 0 Å². The summed E-state index contributed by atoms with van der Waals surface area (Å²) in [5, 5.41) is 0. The van der Waals surface area contributed by atoms with E-state index in [0.717, 1.165) is 12.8 Å². The number of hydrogen-bond acceptors (Lipinski definition) is 2. The van der Waals surface area contributed by atoms with Crippen molar-refractivity contribution in [3.05, 3.63) is 23.0 Å². The smallest absolute Gasteiger partial charge is 0.0363 e. The molecule has 0 unspecified atom stereocenters. The zero-order valence-electron chi connectivity index (χ0n) is 14.0. The van der Waals surface area contributed by atoms with E-state index >= 15 is 0 Å². The van der Waals surface area contributed by atoms with E-state index in [9.17, 15) is 0 Å². The Labute approximate surface area is 124 Å². The van der Waals surface area contributed by atoms with Gasteiger partial charge in [0.25, 0.3) is 0 Å². The SMILES string of the molecule is CC1=C(C(C)C)CCC=N1.CC1=NC=C(C(C)C)CC1. The highest BCUT2D eigenvalue weighted by Gasteiger charge is 2.08. The summed E-state index contributed by atoms with van der Waals surface area (Å²) in [6.07, 6.45) is 8.76. The van der Waals surface area contributed by atoms with Crippen LogP contribution >= 0.6 is 0 Å². The lowest BCUT2D eigenvalue weighted by Gasteiger charge is -2.15. The molecule has 2 rings (SSSR count). The van der Waals surface area contributed by atoms with Crippen molar-refractivity contribution in [3.8, 4) is 0 Å². The van der Waals surface area contributed by atoms with Gasteiger partial charge >= 0.3 is 0 Å². The van der Waals surface area contributed by atoms with Crippen LogP contribution in [0.25, 0.3) is 0 Å². The first-order chi connectivity index (χ1) is 9.41. The van der Waals surface area contributed by atoms with E-state index in [4.69, 9.17) is 0 Å². The second kappa shape index (κ2) is 8.18.